The third-order valence-electron chi connectivity index (χ3n) is 3.75. The lowest BCUT2D eigenvalue weighted by Gasteiger charge is -2.26. The summed E-state index contributed by atoms with van der Waals surface area (Å²) in [6.07, 6.45) is 4.52. The molecule has 0 bridgehead atoms. The van der Waals surface area contributed by atoms with Gasteiger partial charge in [-0.25, -0.2) is 0 Å². The van der Waals surface area contributed by atoms with Crippen molar-refractivity contribution in [1.82, 2.24) is 4.90 Å². The summed E-state index contributed by atoms with van der Waals surface area (Å²) in [6.45, 7) is 0.922. The summed E-state index contributed by atoms with van der Waals surface area (Å²) in [7, 11) is 4.07. The van der Waals surface area contributed by atoms with Gasteiger partial charge in [-0.05, 0) is 50.4 Å². The highest BCUT2D eigenvalue weighted by atomic mass is 16.3. The largest absolute Gasteiger partial charge is 0.388 e. The van der Waals surface area contributed by atoms with Crippen molar-refractivity contribution >= 4 is 0 Å². The van der Waals surface area contributed by atoms with E-state index in [0.29, 0.717) is 0 Å². The number of hydrogen-bond acceptors (Lipinski definition) is 2. The average Bonchev–Trinajstić information content (AvgIpc) is 2.24. The monoisotopic (exact) mass is 233 g/mol. The first kappa shape index (κ1) is 12.6. The summed E-state index contributed by atoms with van der Waals surface area (Å²) >= 11 is 0. The van der Waals surface area contributed by atoms with Crippen LogP contribution in [0.1, 0.15) is 48.8 Å². The lowest BCUT2D eigenvalue weighted by Crippen LogP contribution is -2.16. The van der Waals surface area contributed by atoms with Gasteiger partial charge in [0.25, 0.3) is 0 Å². The number of hydrogen-bond donors (Lipinski definition) is 1. The minimum atomic E-state index is -0.326. The maximum atomic E-state index is 10.0. The van der Waals surface area contributed by atoms with E-state index in [0.717, 1.165) is 24.4 Å². The Labute approximate surface area is 104 Å². The number of aliphatic hydroxyl groups is 1. The van der Waals surface area contributed by atoms with Crippen LogP contribution in [0.3, 0.4) is 0 Å². The maximum absolute atomic E-state index is 10.0. The molecule has 0 amide bonds. The van der Waals surface area contributed by atoms with Gasteiger partial charge in [-0.1, -0.05) is 30.7 Å². The summed E-state index contributed by atoms with van der Waals surface area (Å²) in [5.41, 5.74) is 2.50. The second-order valence-electron chi connectivity index (χ2n) is 5.40. The van der Waals surface area contributed by atoms with E-state index in [4.69, 9.17) is 0 Å². The fourth-order valence-corrected chi connectivity index (χ4v) is 2.28. The molecule has 1 saturated carbocycles. The van der Waals surface area contributed by atoms with Gasteiger partial charge in [0.1, 0.15) is 0 Å². The van der Waals surface area contributed by atoms with Crippen LogP contribution >= 0.6 is 0 Å². The van der Waals surface area contributed by atoms with Crippen LogP contribution in [0.25, 0.3) is 0 Å². The molecule has 1 atom stereocenters. The van der Waals surface area contributed by atoms with Crippen molar-refractivity contribution in [1.29, 1.82) is 0 Å². The fraction of sp³-hybridized carbons (Fsp3) is 0.600. The topological polar surface area (TPSA) is 23.5 Å². The molecular weight excluding hydrogens is 210 g/mol. The Balaban J connectivity index is 1.92. The van der Waals surface area contributed by atoms with Crippen LogP contribution in [0.2, 0.25) is 0 Å². The van der Waals surface area contributed by atoms with Crippen LogP contribution in [0.4, 0.5) is 0 Å². The molecule has 1 aromatic rings. The van der Waals surface area contributed by atoms with E-state index in [-0.39, 0.29) is 6.10 Å². The van der Waals surface area contributed by atoms with Crippen LogP contribution < -0.4 is 0 Å². The van der Waals surface area contributed by atoms with E-state index < -0.39 is 0 Å². The molecule has 94 valence electrons. The van der Waals surface area contributed by atoms with E-state index in [1.807, 2.05) is 14.1 Å². The number of nitrogens with zero attached hydrogens (tertiary/aromatic N) is 1. The molecule has 2 heteroatoms. The maximum Gasteiger partial charge on any atom is 0.0802 e. The molecule has 1 aliphatic rings. The zero-order valence-electron chi connectivity index (χ0n) is 10.9. The molecule has 0 aromatic heterocycles. The van der Waals surface area contributed by atoms with Crippen LogP contribution in [-0.2, 0) is 0 Å². The lowest BCUT2D eigenvalue weighted by molar-refractivity contribution is 0.154. The van der Waals surface area contributed by atoms with E-state index in [9.17, 15) is 5.11 Å². The number of benzene rings is 1. The van der Waals surface area contributed by atoms with E-state index in [1.165, 1.54) is 24.8 Å². The third kappa shape index (κ3) is 3.30. The minimum absolute atomic E-state index is 0.326. The molecule has 1 fully saturated rings. The van der Waals surface area contributed by atoms with E-state index in [2.05, 4.69) is 29.2 Å². The summed E-state index contributed by atoms with van der Waals surface area (Å²) < 4.78 is 0. The first-order chi connectivity index (χ1) is 8.16. The van der Waals surface area contributed by atoms with Gasteiger partial charge in [-0.2, -0.15) is 0 Å². The predicted molar refractivity (Wildman–Crippen MR) is 71.2 cm³/mol. The fourth-order valence-electron chi connectivity index (χ4n) is 2.28. The molecule has 0 aliphatic heterocycles. The molecule has 0 heterocycles. The Morgan fingerprint density at radius 1 is 1.24 bits per heavy atom. The highest BCUT2D eigenvalue weighted by Crippen LogP contribution is 2.36. The normalized spacial score (nSPS) is 18.1. The van der Waals surface area contributed by atoms with Gasteiger partial charge in [-0.3, -0.25) is 0 Å². The lowest BCUT2D eigenvalue weighted by atomic mass is 9.80. The molecule has 0 saturated heterocycles. The Hall–Kier alpha value is -0.860. The Kier molecular flexibility index (Phi) is 4.19. The summed E-state index contributed by atoms with van der Waals surface area (Å²) in [4.78, 5) is 2.10. The number of aliphatic hydroxyl groups excluding tert-OH is 1. The van der Waals surface area contributed by atoms with Crippen molar-refractivity contribution < 1.29 is 5.11 Å². The zero-order valence-corrected chi connectivity index (χ0v) is 10.9. The Morgan fingerprint density at radius 2 is 1.88 bits per heavy atom. The average molecular weight is 233 g/mol. The Morgan fingerprint density at radius 3 is 2.35 bits per heavy atom. The standard InChI is InChI=1S/C15H23NO/c1-16(2)11-10-15(17)14-8-6-13(7-9-14)12-4-3-5-12/h6-9,12,15,17H,3-5,10-11H2,1-2H3. The van der Waals surface area contributed by atoms with E-state index >= 15 is 0 Å². The second kappa shape index (κ2) is 5.65. The molecular formula is C15H23NO. The van der Waals surface area contributed by atoms with Crippen molar-refractivity contribution in [3.8, 4) is 0 Å². The predicted octanol–water partition coefficient (Wildman–Crippen LogP) is 2.94. The van der Waals surface area contributed by atoms with Crippen LogP contribution in [-0.4, -0.2) is 30.6 Å². The molecule has 1 aliphatic carbocycles. The first-order valence-corrected chi connectivity index (χ1v) is 6.59. The van der Waals surface area contributed by atoms with Gasteiger partial charge in [0, 0.05) is 6.54 Å². The van der Waals surface area contributed by atoms with Crippen molar-refractivity contribution in [2.75, 3.05) is 20.6 Å². The molecule has 2 nitrogen and oxygen atoms in total. The van der Waals surface area contributed by atoms with Crippen LogP contribution in [0.5, 0.6) is 0 Å². The molecule has 17 heavy (non-hydrogen) atoms. The minimum Gasteiger partial charge on any atom is -0.388 e. The van der Waals surface area contributed by atoms with Crippen molar-refractivity contribution in [2.24, 2.45) is 0 Å². The first-order valence-electron chi connectivity index (χ1n) is 6.59. The van der Waals surface area contributed by atoms with Crippen molar-refractivity contribution in [3.05, 3.63) is 35.4 Å². The quantitative estimate of drug-likeness (QED) is 0.845. The van der Waals surface area contributed by atoms with Crippen molar-refractivity contribution in [3.63, 3.8) is 0 Å². The molecule has 0 radical (unpaired) electrons. The van der Waals surface area contributed by atoms with Gasteiger partial charge in [-0.15, -0.1) is 0 Å². The van der Waals surface area contributed by atoms with Gasteiger partial charge in [0.2, 0.25) is 0 Å². The second-order valence-corrected chi connectivity index (χ2v) is 5.40. The summed E-state index contributed by atoms with van der Waals surface area (Å²) in [5, 5.41) is 10.0. The Bertz CT molecular complexity index is 340. The molecule has 1 N–H and O–H groups in total. The highest BCUT2D eigenvalue weighted by Gasteiger charge is 2.19. The van der Waals surface area contributed by atoms with Gasteiger partial charge in [0.15, 0.2) is 0 Å². The summed E-state index contributed by atoms with van der Waals surface area (Å²) in [6, 6.07) is 8.57. The van der Waals surface area contributed by atoms with Crippen LogP contribution in [0.15, 0.2) is 24.3 Å². The SMILES string of the molecule is CN(C)CCC(O)c1ccc(C2CCC2)cc1. The highest BCUT2D eigenvalue weighted by molar-refractivity contribution is 5.27. The molecule has 0 spiro atoms. The third-order valence-corrected chi connectivity index (χ3v) is 3.75. The van der Waals surface area contributed by atoms with Gasteiger partial charge in [0.05, 0.1) is 6.10 Å². The van der Waals surface area contributed by atoms with Crippen molar-refractivity contribution in [2.45, 2.75) is 37.7 Å². The molecule has 1 unspecified atom stereocenters. The van der Waals surface area contributed by atoms with Gasteiger partial charge < -0.3 is 10.0 Å². The molecule has 1 aromatic carbocycles. The molecule has 2 rings (SSSR count). The van der Waals surface area contributed by atoms with Gasteiger partial charge >= 0.3 is 0 Å². The smallest absolute Gasteiger partial charge is 0.0802 e. The van der Waals surface area contributed by atoms with Crippen LogP contribution in [0, 0.1) is 0 Å². The zero-order chi connectivity index (χ0) is 12.3. The van der Waals surface area contributed by atoms with E-state index in [1.54, 1.807) is 0 Å². The number of rotatable bonds is 5. The summed E-state index contributed by atoms with van der Waals surface area (Å²) in [5.74, 6) is 0.781.